The van der Waals surface area contributed by atoms with Gasteiger partial charge in [0.1, 0.15) is 5.75 Å². The standard InChI is InChI=1S/C27H27F3N4O2/c1-18-6-5-7-21(16-18)36-24-22-17-34(25(35)19-8-10-20(11-9-19)27(28,29)30)15-12-23(22)31-26(32-24)33-13-3-2-4-14-33/h5-11,16H,2-4,12-15,17H2,1H3. The van der Waals surface area contributed by atoms with Gasteiger partial charge in [0.25, 0.3) is 5.91 Å². The van der Waals surface area contributed by atoms with Gasteiger partial charge < -0.3 is 14.5 Å². The van der Waals surface area contributed by atoms with Gasteiger partial charge in [-0.25, -0.2) is 4.98 Å². The number of aromatic nitrogens is 2. The van der Waals surface area contributed by atoms with Crippen LogP contribution in [-0.2, 0) is 19.1 Å². The molecular weight excluding hydrogens is 469 g/mol. The maximum atomic E-state index is 13.2. The molecule has 1 amide bonds. The third-order valence-electron chi connectivity index (χ3n) is 6.60. The molecule has 3 heterocycles. The van der Waals surface area contributed by atoms with Crippen LogP contribution in [0.1, 0.15) is 52.0 Å². The van der Waals surface area contributed by atoms with Gasteiger partial charge >= 0.3 is 6.18 Å². The molecule has 3 aromatic rings. The van der Waals surface area contributed by atoms with E-state index in [1.165, 1.54) is 18.6 Å². The lowest BCUT2D eigenvalue weighted by Crippen LogP contribution is -2.37. The molecule has 1 fully saturated rings. The molecule has 0 bridgehead atoms. The summed E-state index contributed by atoms with van der Waals surface area (Å²) in [7, 11) is 0. The zero-order chi connectivity index (χ0) is 25.3. The normalized spacial score (nSPS) is 16.0. The summed E-state index contributed by atoms with van der Waals surface area (Å²) in [6, 6.07) is 12.0. The Morgan fingerprint density at radius 2 is 1.72 bits per heavy atom. The Kier molecular flexibility index (Phi) is 6.55. The third-order valence-corrected chi connectivity index (χ3v) is 6.60. The molecule has 0 atom stereocenters. The Labute approximate surface area is 207 Å². The van der Waals surface area contributed by atoms with Gasteiger partial charge in [-0.3, -0.25) is 4.79 Å². The van der Waals surface area contributed by atoms with Crippen molar-refractivity contribution in [2.75, 3.05) is 24.5 Å². The molecule has 0 unspecified atom stereocenters. The zero-order valence-corrected chi connectivity index (χ0v) is 20.0. The summed E-state index contributed by atoms with van der Waals surface area (Å²) in [5.41, 5.74) is 2.04. The highest BCUT2D eigenvalue weighted by Crippen LogP contribution is 2.33. The summed E-state index contributed by atoms with van der Waals surface area (Å²) in [5.74, 6) is 1.36. The van der Waals surface area contributed by atoms with Crippen molar-refractivity contribution < 1.29 is 22.7 Å². The van der Waals surface area contributed by atoms with Crippen LogP contribution in [0.5, 0.6) is 11.6 Å². The minimum Gasteiger partial charge on any atom is -0.438 e. The van der Waals surface area contributed by atoms with Crippen molar-refractivity contribution in [2.24, 2.45) is 0 Å². The van der Waals surface area contributed by atoms with E-state index < -0.39 is 11.7 Å². The molecule has 5 rings (SSSR count). The number of piperidine rings is 1. The van der Waals surface area contributed by atoms with Gasteiger partial charge in [-0.2, -0.15) is 18.2 Å². The average Bonchev–Trinajstić information content (AvgIpc) is 2.88. The van der Waals surface area contributed by atoms with E-state index in [2.05, 4.69) is 4.90 Å². The molecule has 1 aromatic heterocycles. The lowest BCUT2D eigenvalue weighted by molar-refractivity contribution is -0.137. The highest BCUT2D eigenvalue weighted by atomic mass is 19.4. The molecule has 188 valence electrons. The number of amides is 1. The Morgan fingerprint density at radius 1 is 0.972 bits per heavy atom. The molecule has 9 heteroatoms. The maximum Gasteiger partial charge on any atom is 0.416 e. The van der Waals surface area contributed by atoms with Crippen LogP contribution in [0, 0.1) is 6.92 Å². The number of aryl methyl sites for hydroxylation is 1. The summed E-state index contributed by atoms with van der Waals surface area (Å²) in [5, 5.41) is 0. The Hall–Kier alpha value is -3.62. The van der Waals surface area contributed by atoms with Crippen LogP contribution in [0.15, 0.2) is 48.5 Å². The summed E-state index contributed by atoms with van der Waals surface area (Å²) in [6.45, 7) is 4.39. The molecule has 0 radical (unpaired) electrons. The summed E-state index contributed by atoms with van der Waals surface area (Å²) < 4.78 is 45.0. The van der Waals surface area contributed by atoms with Crippen molar-refractivity contribution in [1.82, 2.24) is 14.9 Å². The van der Waals surface area contributed by atoms with Crippen molar-refractivity contribution in [3.63, 3.8) is 0 Å². The molecule has 36 heavy (non-hydrogen) atoms. The number of carbonyl (C=O) groups is 1. The van der Waals surface area contributed by atoms with Gasteiger partial charge in [-0.15, -0.1) is 0 Å². The fraction of sp³-hybridized carbons (Fsp3) is 0.370. The second-order valence-corrected chi connectivity index (χ2v) is 9.27. The van der Waals surface area contributed by atoms with E-state index in [-0.39, 0.29) is 18.0 Å². The number of hydrogen-bond donors (Lipinski definition) is 0. The number of rotatable bonds is 4. The van der Waals surface area contributed by atoms with Gasteiger partial charge in [0.05, 0.1) is 23.4 Å². The van der Waals surface area contributed by atoms with Gasteiger partial charge in [-0.1, -0.05) is 12.1 Å². The van der Waals surface area contributed by atoms with Crippen LogP contribution in [0.3, 0.4) is 0 Å². The number of nitrogens with zero attached hydrogens (tertiary/aromatic N) is 4. The number of fused-ring (bicyclic) bond motifs is 1. The van der Waals surface area contributed by atoms with Crippen molar-refractivity contribution in [3.05, 3.63) is 76.5 Å². The highest BCUT2D eigenvalue weighted by Gasteiger charge is 2.32. The van der Waals surface area contributed by atoms with E-state index in [4.69, 9.17) is 14.7 Å². The van der Waals surface area contributed by atoms with Gasteiger partial charge in [0, 0.05) is 31.6 Å². The molecular formula is C27H27F3N4O2. The van der Waals surface area contributed by atoms with Crippen LogP contribution in [0.4, 0.5) is 19.1 Å². The Bertz CT molecular complexity index is 1250. The number of ether oxygens (including phenoxy) is 1. The fourth-order valence-electron chi connectivity index (χ4n) is 4.64. The molecule has 0 N–H and O–H groups in total. The Balaban J connectivity index is 1.44. The van der Waals surface area contributed by atoms with Crippen LogP contribution in [0.2, 0.25) is 0 Å². The minimum atomic E-state index is -4.45. The van der Waals surface area contributed by atoms with E-state index in [9.17, 15) is 18.0 Å². The molecule has 0 aliphatic carbocycles. The topological polar surface area (TPSA) is 58.6 Å². The van der Waals surface area contributed by atoms with E-state index in [0.29, 0.717) is 30.5 Å². The number of halogens is 3. The van der Waals surface area contributed by atoms with E-state index in [1.807, 2.05) is 31.2 Å². The van der Waals surface area contributed by atoms with Crippen molar-refractivity contribution in [1.29, 1.82) is 0 Å². The maximum absolute atomic E-state index is 13.2. The Morgan fingerprint density at radius 3 is 2.42 bits per heavy atom. The summed E-state index contributed by atoms with van der Waals surface area (Å²) in [4.78, 5) is 26.5. The van der Waals surface area contributed by atoms with Crippen molar-refractivity contribution in [2.45, 2.75) is 45.3 Å². The summed E-state index contributed by atoms with van der Waals surface area (Å²) >= 11 is 0. The number of benzene rings is 2. The van der Waals surface area contributed by atoms with Gasteiger partial charge in [0.15, 0.2) is 0 Å². The number of anilines is 1. The smallest absolute Gasteiger partial charge is 0.416 e. The first-order chi connectivity index (χ1) is 17.3. The summed E-state index contributed by atoms with van der Waals surface area (Å²) in [6.07, 6.45) is -0.574. The first-order valence-electron chi connectivity index (χ1n) is 12.1. The predicted molar refractivity (Wildman–Crippen MR) is 129 cm³/mol. The zero-order valence-electron chi connectivity index (χ0n) is 20.0. The van der Waals surface area contributed by atoms with E-state index in [0.717, 1.165) is 54.9 Å². The first-order valence-corrected chi connectivity index (χ1v) is 12.1. The van der Waals surface area contributed by atoms with Crippen LogP contribution in [-0.4, -0.2) is 40.4 Å². The monoisotopic (exact) mass is 496 g/mol. The van der Waals surface area contributed by atoms with E-state index >= 15 is 0 Å². The molecule has 2 aliphatic rings. The van der Waals surface area contributed by atoms with E-state index in [1.54, 1.807) is 4.90 Å². The van der Waals surface area contributed by atoms with Crippen LogP contribution >= 0.6 is 0 Å². The van der Waals surface area contributed by atoms with Crippen LogP contribution in [0.25, 0.3) is 0 Å². The SMILES string of the molecule is Cc1cccc(Oc2nc(N3CCCCC3)nc3c2CN(C(=O)c2ccc(C(F)(F)F)cc2)CC3)c1. The number of hydrogen-bond acceptors (Lipinski definition) is 5. The lowest BCUT2D eigenvalue weighted by atomic mass is 10.0. The van der Waals surface area contributed by atoms with Crippen molar-refractivity contribution >= 4 is 11.9 Å². The molecule has 1 saturated heterocycles. The second-order valence-electron chi connectivity index (χ2n) is 9.27. The van der Waals surface area contributed by atoms with Gasteiger partial charge in [0.2, 0.25) is 11.8 Å². The first kappa shape index (κ1) is 24.1. The molecule has 2 aromatic carbocycles. The molecule has 0 spiro atoms. The predicted octanol–water partition coefficient (Wildman–Crippen LogP) is 5.78. The number of alkyl halides is 3. The lowest BCUT2D eigenvalue weighted by Gasteiger charge is -2.32. The largest absolute Gasteiger partial charge is 0.438 e. The quantitative estimate of drug-likeness (QED) is 0.458. The molecule has 2 aliphatic heterocycles. The average molecular weight is 497 g/mol. The highest BCUT2D eigenvalue weighted by molar-refractivity contribution is 5.94. The third kappa shape index (κ3) is 5.15. The molecule has 6 nitrogen and oxygen atoms in total. The second kappa shape index (κ2) is 9.79. The number of carbonyl (C=O) groups excluding carboxylic acids is 1. The van der Waals surface area contributed by atoms with Gasteiger partial charge in [-0.05, 0) is 68.1 Å². The molecule has 0 saturated carbocycles. The fourth-order valence-corrected chi connectivity index (χ4v) is 4.64. The van der Waals surface area contributed by atoms with Crippen molar-refractivity contribution in [3.8, 4) is 11.6 Å². The van der Waals surface area contributed by atoms with Crippen LogP contribution < -0.4 is 9.64 Å². The minimum absolute atomic E-state index is 0.207.